The van der Waals surface area contributed by atoms with Gasteiger partial charge in [0.1, 0.15) is 12.6 Å². The van der Waals surface area contributed by atoms with Crippen molar-refractivity contribution in [3.63, 3.8) is 0 Å². The predicted molar refractivity (Wildman–Crippen MR) is 134 cm³/mol. The van der Waals surface area contributed by atoms with Crippen LogP contribution in [0.25, 0.3) is 11.1 Å². The normalized spacial score (nSPS) is 12.9. The van der Waals surface area contributed by atoms with E-state index in [1.807, 2.05) is 36.4 Å². The van der Waals surface area contributed by atoms with Gasteiger partial charge in [0.25, 0.3) is 5.91 Å². The number of likely N-dealkylation sites (N-methyl/N-ethyl adjacent to an activating group) is 1. The van der Waals surface area contributed by atoms with E-state index in [0.717, 1.165) is 27.2 Å². The number of carboxylic acid groups (broad SMARTS) is 1. The molecule has 0 fully saturated rings. The van der Waals surface area contributed by atoms with Crippen LogP contribution >= 0.6 is 11.6 Å². The summed E-state index contributed by atoms with van der Waals surface area (Å²) in [5.74, 6) is -1.63. The molecule has 2 N–H and O–H groups in total. The number of benzene rings is 3. The first-order valence-corrected chi connectivity index (χ1v) is 11.6. The zero-order valence-electron chi connectivity index (χ0n) is 19.3. The number of fused-ring (bicyclic) bond motifs is 3. The molecule has 35 heavy (non-hydrogen) atoms. The summed E-state index contributed by atoms with van der Waals surface area (Å²) < 4.78 is 5.54. The minimum absolute atomic E-state index is 0.0695. The van der Waals surface area contributed by atoms with Gasteiger partial charge in [0.05, 0.1) is 10.7 Å². The monoisotopic (exact) mass is 492 g/mol. The van der Waals surface area contributed by atoms with Gasteiger partial charge in [0.2, 0.25) is 0 Å². The molecule has 3 aromatic rings. The van der Waals surface area contributed by atoms with E-state index in [2.05, 4.69) is 17.4 Å². The fourth-order valence-electron chi connectivity index (χ4n) is 4.45. The molecule has 8 heteroatoms. The van der Waals surface area contributed by atoms with Crippen LogP contribution in [0.3, 0.4) is 0 Å². The number of hydrogen-bond acceptors (Lipinski definition) is 4. The average Bonchev–Trinajstić information content (AvgIpc) is 3.17. The van der Waals surface area contributed by atoms with Crippen LogP contribution in [0.1, 0.15) is 40.7 Å². The minimum atomic E-state index is -1.08. The van der Waals surface area contributed by atoms with Crippen molar-refractivity contribution in [2.75, 3.05) is 19.0 Å². The van der Waals surface area contributed by atoms with Crippen LogP contribution in [0.5, 0.6) is 0 Å². The summed E-state index contributed by atoms with van der Waals surface area (Å²) in [7, 11) is 1.43. The molecule has 7 nitrogen and oxygen atoms in total. The topological polar surface area (TPSA) is 95.9 Å². The number of halogens is 1. The lowest BCUT2D eigenvalue weighted by Crippen LogP contribution is -2.41. The van der Waals surface area contributed by atoms with Crippen molar-refractivity contribution in [1.82, 2.24) is 4.90 Å². The number of anilines is 1. The third-order valence-corrected chi connectivity index (χ3v) is 6.57. The van der Waals surface area contributed by atoms with Gasteiger partial charge in [0.15, 0.2) is 0 Å². The molecule has 0 bridgehead atoms. The number of amides is 2. The Balaban J connectivity index is 1.42. The van der Waals surface area contributed by atoms with E-state index < -0.39 is 24.0 Å². The minimum Gasteiger partial charge on any atom is -0.480 e. The van der Waals surface area contributed by atoms with Crippen LogP contribution in [-0.4, -0.2) is 47.7 Å². The molecule has 1 aliphatic carbocycles. The fourth-order valence-corrected chi connectivity index (χ4v) is 4.68. The summed E-state index contributed by atoms with van der Waals surface area (Å²) in [6.45, 7) is 1.85. The summed E-state index contributed by atoms with van der Waals surface area (Å²) in [6.07, 6.45) is -0.394. The highest BCUT2D eigenvalue weighted by molar-refractivity contribution is 6.34. The molecule has 0 aliphatic heterocycles. The van der Waals surface area contributed by atoms with Crippen LogP contribution < -0.4 is 5.32 Å². The zero-order chi connectivity index (χ0) is 25.1. The van der Waals surface area contributed by atoms with E-state index >= 15 is 0 Å². The van der Waals surface area contributed by atoms with E-state index in [0.29, 0.717) is 0 Å². The second-order valence-electron chi connectivity index (χ2n) is 8.32. The molecule has 1 aliphatic rings. The molecule has 0 aromatic heterocycles. The maximum Gasteiger partial charge on any atom is 0.411 e. The molecule has 2 amide bonds. The molecule has 3 aromatic carbocycles. The van der Waals surface area contributed by atoms with Gasteiger partial charge in [-0.2, -0.15) is 0 Å². The molecule has 1 atom stereocenters. The zero-order valence-corrected chi connectivity index (χ0v) is 20.1. The van der Waals surface area contributed by atoms with Crippen molar-refractivity contribution < 1.29 is 24.2 Å². The van der Waals surface area contributed by atoms with E-state index in [-0.39, 0.29) is 35.2 Å². The number of hydrogen-bond donors (Lipinski definition) is 2. The second kappa shape index (κ2) is 10.2. The Kier molecular flexibility index (Phi) is 7.07. The quantitative estimate of drug-likeness (QED) is 0.445. The van der Waals surface area contributed by atoms with Crippen molar-refractivity contribution in [1.29, 1.82) is 0 Å². The summed E-state index contributed by atoms with van der Waals surface area (Å²) in [6, 6.07) is 19.6. The van der Waals surface area contributed by atoms with Crippen LogP contribution in [0.15, 0.2) is 66.7 Å². The van der Waals surface area contributed by atoms with Gasteiger partial charge < -0.3 is 14.7 Å². The van der Waals surface area contributed by atoms with Crippen molar-refractivity contribution in [2.24, 2.45) is 0 Å². The van der Waals surface area contributed by atoms with E-state index in [1.165, 1.54) is 25.2 Å². The number of nitrogens with zero attached hydrogens (tertiary/aromatic N) is 1. The Hall–Kier alpha value is -3.84. The van der Waals surface area contributed by atoms with Crippen molar-refractivity contribution >= 4 is 35.3 Å². The number of carboxylic acids is 1. The van der Waals surface area contributed by atoms with Gasteiger partial charge in [-0.3, -0.25) is 10.1 Å². The first kappa shape index (κ1) is 24.3. The average molecular weight is 493 g/mol. The Bertz CT molecular complexity index is 1250. The highest BCUT2D eigenvalue weighted by atomic mass is 35.5. The lowest BCUT2D eigenvalue weighted by Gasteiger charge is -2.24. The standard InChI is InChI=1S/C27H25ClN2O5/c1-3-24(26(32)33)30(2)25(31)16-12-13-23(22(28)14-16)29-27(34)35-15-21-19-10-6-4-8-17(19)18-9-5-7-11-20(18)21/h4-14,21,24H,3,15H2,1-2H3,(H,29,34)(H,32,33). The number of nitrogens with one attached hydrogen (secondary N) is 1. The molecule has 1 unspecified atom stereocenters. The maximum absolute atomic E-state index is 12.7. The highest BCUT2D eigenvalue weighted by Gasteiger charge is 2.29. The largest absolute Gasteiger partial charge is 0.480 e. The summed E-state index contributed by atoms with van der Waals surface area (Å²) in [4.78, 5) is 37.7. The van der Waals surface area contributed by atoms with Crippen molar-refractivity contribution in [2.45, 2.75) is 25.3 Å². The molecule has 0 radical (unpaired) electrons. The number of carbonyl (C=O) groups is 3. The van der Waals surface area contributed by atoms with Gasteiger partial charge in [-0.1, -0.05) is 67.1 Å². The molecule has 0 heterocycles. The number of aliphatic carboxylic acids is 1. The second-order valence-corrected chi connectivity index (χ2v) is 8.73. The van der Waals surface area contributed by atoms with Gasteiger partial charge in [-0.25, -0.2) is 9.59 Å². The van der Waals surface area contributed by atoms with Crippen LogP contribution in [0, 0.1) is 0 Å². The third-order valence-electron chi connectivity index (χ3n) is 6.26. The van der Waals surface area contributed by atoms with Crippen molar-refractivity contribution in [3.8, 4) is 11.1 Å². The third kappa shape index (κ3) is 4.86. The molecule has 180 valence electrons. The van der Waals surface area contributed by atoms with Crippen LogP contribution in [-0.2, 0) is 9.53 Å². The fraction of sp³-hybridized carbons (Fsp3) is 0.222. The highest BCUT2D eigenvalue weighted by Crippen LogP contribution is 2.44. The van der Waals surface area contributed by atoms with Gasteiger partial charge in [0, 0.05) is 18.5 Å². The molecule has 0 saturated heterocycles. The van der Waals surface area contributed by atoms with Crippen molar-refractivity contribution in [3.05, 3.63) is 88.4 Å². The number of rotatable bonds is 7. The molecular formula is C27H25ClN2O5. The lowest BCUT2D eigenvalue weighted by molar-refractivity contribution is -0.142. The van der Waals surface area contributed by atoms with E-state index in [1.54, 1.807) is 6.92 Å². The SMILES string of the molecule is CCC(C(=O)O)N(C)C(=O)c1ccc(NC(=O)OCC2c3ccccc3-c3ccccc32)c(Cl)c1. The Labute approximate surface area is 208 Å². The predicted octanol–water partition coefficient (Wildman–Crippen LogP) is 5.64. The van der Waals surface area contributed by atoms with Gasteiger partial charge >= 0.3 is 12.1 Å². The molecule has 4 rings (SSSR count). The number of carbonyl (C=O) groups excluding carboxylic acids is 2. The van der Waals surface area contributed by atoms with Gasteiger partial charge in [-0.05, 0) is 46.9 Å². The van der Waals surface area contributed by atoms with Crippen LogP contribution in [0.4, 0.5) is 10.5 Å². The van der Waals surface area contributed by atoms with Crippen LogP contribution in [0.2, 0.25) is 5.02 Å². The molecule has 0 saturated carbocycles. The smallest absolute Gasteiger partial charge is 0.411 e. The van der Waals surface area contributed by atoms with Gasteiger partial charge in [-0.15, -0.1) is 0 Å². The molecule has 0 spiro atoms. The summed E-state index contributed by atoms with van der Waals surface area (Å²) in [5, 5.41) is 12.1. The Morgan fingerprint density at radius 2 is 1.63 bits per heavy atom. The molecular weight excluding hydrogens is 468 g/mol. The first-order chi connectivity index (χ1) is 16.8. The van der Waals surface area contributed by atoms with E-state index in [4.69, 9.17) is 16.3 Å². The first-order valence-electron chi connectivity index (χ1n) is 11.2. The maximum atomic E-state index is 12.7. The number of ether oxygens (including phenoxy) is 1. The summed E-state index contributed by atoms with van der Waals surface area (Å²) in [5.41, 5.74) is 5.00. The Morgan fingerprint density at radius 1 is 1.03 bits per heavy atom. The Morgan fingerprint density at radius 3 is 2.17 bits per heavy atom. The summed E-state index contributed by atoms with van der Waals surface area (Å²) >= 11 is 6.30. The lowest BCUT2D eigenvalue weighted by atomic mass is 9.98. The van der Waals surface area contributed by atoms with E-state index in [9.17, 15) is 19.5 Å².